The van der Waals surface area contributed by atoms with Gasteiger partial charge in [0.2, 0.25) is 5.88 Å². The van der Waals surface area contributed by atoms with E-state index in [9.17, 15) is 10.1 Å². The number of primary amides is 1. The number of hydrogen-bond acceptors (Lipinski definition) is 4. The third kappa shape index (κ3) is 5.30. The number of hydrogen-bond donors (Lipinski definition) is 1. The maximum absolute atomic E-state index is 12.5. The Morgan fingerprint density at radius 2 is 1.81 bits per heavy atom. The number of furan rings is 1. The van der Waals surface area contributed by atoms with Crippen molar-refractivity contribution in [2.45, 2.75) is 27.2 Å². The first-order valence-corrected chi connectivity index (χ1v) is 12.3. The van der Waals surface area contributed by atoms with Crippen LogP contribution in [0.5, 0.6) is 0 Å². The minimum atomic E-state index is -0.583. The molecule has 0 aliphatic heterocycles. The number of nitrogens with zero attached hydrogens (tertiary/aromatic N) is 2. The van der Waals surface area contributed by atoms with Crippen molar-refractivity contribution in [3.8, 4) is 6.07 Å². The van der Waals surface area contributed by atoms with Gasteiger partial charge in [-0.05, 0) is 65.4 Å². The second-order valence-corrected chi connectivity index (χ2v) is 9.54. The summed E-state index contributed by atoms with van der Waals surface area (Å²) < 4.78 is 6.13. The van der Waals surface area contributed by atoms with Crippen molar-refractivity contribution >= 4 is 51.7 Å². The van der Waals surface area contributed by atoms with E-state index in [0.717, 1.165) is 23.2 Å². The molecule has 0 radical (unpaired) electrons. The Morgan fingerprint density at radius 1 is 1.11 bits per heavy atom. The SMILES string of the molecule is CCc1ccc(/C=C(\C#N)c2ccc(N(CC(C)C)c3oc4ccc(Cl)cc4c3C(N)=O)cc2)cc1. The Kier molecular flexibility index (Phi) is 7.47. The third-order valence-electron chi connectivity index (χ3n) is 5.98. The van der Waals surface area contributed by atoms with Crippen LogP contribution in [0.2, 0.25) is 5.02 Å². The smallest absolute Gasteiger partial charge is 0.254 e. The number of aryl methyl sites for hydroxylation is 1. The molecule has 1 aromatic heterocycles. The van der Waals surface area contributed by atoms with Crippen LogP contribution in [0, 0.1) is 17.2 Å². The van der Waals surface area contributed by atoms with E-state index >= 15 is 0 Å². The van der Waals surface area contributed by atoms with E-state index < -0.39 is 5.91 Å². The molecule has 0 saturated heterocycles. The summed E-state index contributed by atoms with van der Waals surface area (Å²) in [4.78, 5) is 14.4. The molecule has 1 heterocycles. The standard InChI is InChI=1S/C30H28ClN3O2/c1-4-20-5-7-21(8-6-20)15-23(17-32)22-9-12-25(13-10-22)34(18-19(2)3)30-28(29(33)35)26-16-24(31)11-14-27(26)36-30/h5-16,19H,4,18H2,1-3H3,(H2,33,35)/b23-15+. The number of rotatable bonds is 8. The highest BCUT2D eigenvalue weighted by molar-refractivity contribution is 6.31. The fourth-order valence-electron chi connectivity index (χ4n) is 4.17. The maximum atomic E-state index is 12.5. The molecule has 0 atom stereocenters. The zero-order valence-corrected chi connectivity index (χ0v) is 21.3. The predicted octanol–water partition coefficient (Wildman–Crippen LogP) is 7.61. The van der Waals surface area contributed by atoms with Gasteiger partial charge >= 0.3 is 0 Å². The van der Waals surface area contributed by atoms with Gasteiger partial charge in [-0.2, -0.15) is 5.26 Å². The van der Waals surface area contributed by atoms with Gasteiger partial charge in [0.15, 0.2) is 0 Å². The van der Waals surface area contributed by atoms with E-state index in [0.29, 0.717) is 39.6 Å². The van der Waals surface area contributed by atoms with Gasteiger partial charge in [0.05, 0.1) is 11.6 Å². The second-order valence-electron chi connectivity index (χ2n) is 9.10. The molecule has 36 heavy (non-hydrogen) atoms. The van der Waals surface area contributed by atoms with Gasteiger partial charge in [0.25, 0.3) is 5.91 Å². The number of nitrogens with two attached hydrogens (primary N) is 1. The molecule has 6 heteroatoms. The van der Waals surface area contributed by atoms with Crippen molar-refractivity contribution in [1.82, 2.24) is 0 Å². The molecule has 3 aromatic carbocycles. The first-order valence-electron chi connectivity index (χ1n) is 11.9. The van der Waals surface area contributed by atoms with Gasteiger partial charge in [-0.1, -0.05) is 68.8 Å². The molecule has 0 bridgehead atoms. The fraction of sp³-hybridized carbons (Fsp3) is 0.200. The van der Waals surface area contributed by atoms with Crippen molar-refractivity contribution in [2.75, 3.05) is 11.4 Å². The van der Waals surface area contributed by atoms with Crippen molar-refractivity contribution in [2.24, 2.45) is 11.7 Å². The predicted molar refractivity (Wildman–Crippen MR) is 147 cm³/mol. The molecule has 1 amide bonds. The monoisotopic (exact) mass is 497 g/mol. The van der Waals surface area contributed by atoms with Crippen LogP contribution in [0.15, 0.2) is 71.1 Å². The van der Waals surface area contributed by atoms with Crippen LogP contribution in [0.4, 0.5) is 11.6 Å². The van der Waals surface area contributed by atoms with Gasteiger partial charge in [0.1, 0.15) is 11.1 Å². The van der Waals surface area contributed by atoms with E-state index in [1.807, 2.05) is 47.4 Å². The molecule has 4 rings (SSSR count). The van der Waals surface area contributed by atoms with Crippen LogP contribution in [0.1, 0.15) is 47.8 Å². The van der Waals surface area contributed by atoms with E-state index in [-0.39, 0.29) is 5.92 Å². The highest BCUT2D eigenvalue weighted by Crippen LogP contribution is 2.38. The summed E-state index contributed by atoms with van der Waals surface area (Å²) >= 11 is 6.18. The molecule has 0 unspecified atom stereocenters. The molecule has 0 saturated carbocycles. The van der Waals surface area contributed by atoms with Crippen LogP contribution in [-0.2, 0) is 6.42 Å². The summed E-state index contributed by atoms with van der Waals surface area (Å²) in [5, 5.41) is 10.9. The quantitative estimate of drug-likeness (QED) is 0.200. The lowest BCUT2D eigenvalue weighted by molar-refractivity contribution is 0.100. The Bertz CT molecular complexity index is 1460. The lowest BCUT2D eigenvalue weighted by Gasteiger charge is -2.25. The molecule has 4 aromatic rings. The number of benzene rings is 3. The highest BCUT2D eigenvalue weighted by Gasteiger charge is 2.25. The zero-order chi connectivity index (χ0) is 25.8. The molecular formula is C30H28ClN3O2. The number of halogens is 1. The van der Waals surface area contributed by atoms with Crippen LogP contribution in [0.25, 0.3) is 22.6 Å². The zero-order valence-electron chi connectivity index (χ0n) is 20.6. The van der Waals surface area contributed by atoms with Gasteiger partial charge in [-0.25, -0.2) is 0 Å². The lowest BCUT2D eigenvalue weighted by atomic mass is 10.0. The van der Waals surface area contributed by atoms with E-state index in [1.54, 1.807) is 18.2 Å². The van der Waals surface area contributed by atoms with E-state index in [1.165, 1.54) is 5.56 Å². The van der Waals surface area contributed by atoms with Crippen molar-refractivity contribution in [3.05, 3.63) is 94.0 Å². The summed E-state index contributed by atoms with van der Waals surface area (Å²) in [6.07, 6.45) is 2.85. The van der Waals surface area contributed by atoms with Crippen molar-refractivity contribution < 1.29 is 9.21 Å². The first kappa shape index (κ1) is 25.1. The highest BCUT2D eigenvalue weighted by atomic mass is 35.5. The maximum Gasteiger partial charge on any atom is 0.254 e. The summed E-state index contributed by atoms with van der Waals surface area (Å²) in [6.45, 7) is 6.89. The van der Waals surface area contributed by atoms with Gasteiger partial charge in [-0.3, -0.25) is 4.79 Å². The Hall–Kier alpha value is -4.01. The molecular weight excluding hydrogens is 470 g/mol. The van der Waals surface area contributed by atoms with Crippen molar-refractivity contribution in [1.29, 1.82) is 5.26 Å². The lowest BCUT2D eigenvalue weighted by Crippen LogP contribution is -2.25. The van der Waals surface area contributed by atoms with Gasteiger partial charge in [0, 0.05) is 22.6 Å². The average Bonchev–Trinajstić information content (AvgIpc) is 3.25. The largest absolute Gasteiger partial charge is 0.439 e. The summed E-state index contributed by atoms with van der Waals surface area (Å²) in [5.74, 6) is 0.0660. The second kappa shape index (κ2) is 10.7. The van der Waals surface area contributed by atoms with Crippen LogP contribution < -0.4 is 10.6 Å². The number of anilines is 2. The number of carbonyl (C=O) groups is 1. The summed E-state index contributed by atoms with van der Waals surface area (Å²) in [5.41, 5.74) is 11.0. The number of allylic oxidation sites excluding steroid dienone is 1. The molecule has 0 fully saturated rings. The van der Waals surface area contributed by atoms with Crippen LogP contribution in [0.3, 0.4) is 0 Å². The summed E-state index contributed by atoms with van der Waals surface area (Å²) in [7, 11) is 0. The van der Waals surface area contributed by atoms with Gasteiger partial charge in [-0.15, -0.1) is 0 Å². The van der Waals surface area contributed by atoms with Crippen molar-refractivity contribution in [3.63, 3.8) is 0 Å². The molecule has 5 nitrogen and oxygen atoms in total. The molecule has 2 N–H and O–H groups in total. The number of carbonyl (C=O) groups excluding carboxylic acids is 1. The average molecular weight is 498 g/mol. The number of nitriles is 1. The molecule has 0 aliphatic carbocycles. The van der Waals surface area contributed by atoms with E-state index in [4.69, 9.17) is 21.8 Å². The Balaban J connectivity index is 1.74. The van der Waals surface area contributed by atoms with Gasteiger partial charge < -0.3 is 15.1 Å². The fourth-order valence-corrected chi connectivity index (χ4v) is 4.35. The molecule has 182 valence electrons. The minimum Gasteiger partial charge on any atom is -0.439 e. The number of amides is 1. The Morgan fingerprint density at radius 3 is 2.39 bits per heavy atom. The minimum absolute atomic E-state index is 0.267. The first-order chi connectivity index (χ1) is 17.3. The molecule has 0 aliphatic rings. The van der Waals surface area contributed by atoms with Crippen LogP contribution in [-0.4, -0.2) is 12.5 Å². The number of fused-ring (bicyclic) bond motifs is 1. The Labute approximate surface area is 216 Å². The van der Waals surface area contributed by atoms with E-state index in [2.05, 4.69) is 39.0 Å². The van der Waals surface area contributed by atoms with Crippen LogP contribution >= 0.6 is 11.6 Å². The molecule has 0 spiro atoms. The third-order valence-corrected chi connectivity index (χ3v) is 6.22. The normalized spacial score (nSPS) is 11.6. The topological polar surface area (TPSA) is 83.3 Å². The summed E-state index contributed by atoms with van der Waals surface area (Å²) in [6, 6.07) is 23.3.